The smallest absolute Gasteiger partial charge is 0.328 e. The zero-order valence-corrected chi connectivity index (χ0v) is 14.0. The molecule has 0 saturated heterocycles. The summed E-state index contributed by atoms with van der Waals surface area (Å²) in [6.07, 6.45) is 6.94. The Morgan fingerprint density at radius 1 is 1.22 bits per heavy atom. The van der Waals surface area contributed by atoms with Crippen LogP contribution >= 0.6 is 0 Å². The molecule has 5 nitrogen and oxygen atoms in total. The number of nitriles is 1. The van der Waals surface area contributed by atoms with Gasteiger partial charge in [0.15, 0.2) is 0 Å². The van der Waals surface area contributed by atoms with Crippen LogP contribution in [0.1, 0.15) is 51.9 Å². The van der Waals surface area contributed by atoms with E-state index in [9.17, 15) is 9.59 Å². The molecule has 0 radical (unpaired) electrons. The first-order valence-corrected chi connectivity index (χ1v) is 8.73. The Bertz CT molecular complexity index is 502. The van der Waals surface area contributed by atoms with Gasteiger partial charge in [0.05, 0.1) is 13.2 Å². The lowest BCUT2D eigenvalue weighted by molar-refractivity contribution is -0.154. The standard InChI is InChI=1S/C18H26N2O3/c1-11(3-4-19)15(16(21)23-2)20-17(22)18-8-12-5-13(9-18)7-14(6-12)10-18/h11-15H,3,5-10H2,1-2H3,(H,20,22)/t11-,12?,13?,14?,15-,18?/m1/s1. The van der Waals surface area contributed by atoms with Crippen molar-refractivity contribution in [3.63, 3.8) is 0 Å². The number of hydrogen-bond donors (Lipinski definition) is 1. The van der Waals surface area contributed by atoms with Gasteiger partial charge in [-0.15, -0.1) is 0 Å². The lowest BCUT2D eigenvalue weighted by atomic mass is 9.49. The predicted molar refractivity (Wildman–Crippen MR) is 83.9 cm³/mol. The van der Waals surface area contributed by atoms with Crippen LogP contribution in [0.15, 0.2) is 0 Å². The Morgan fingerprint density at radius 2 is 1.74 bits per heavy atom. The summed E-state index contributed by atoms with van der Waals surface area (Å²) in [6, 6.07) is 1.35. The maximum Gasteiger partial charge on any atom is 0.328 e. The molecule has 0 aromatic heterocycles. The van der Waals surface area contributed by atoms with Crippen LogP contribution in [0.5, 0.6) is 0 Å². The summed E-state index contributed by atoms with van der Waals surface area (Å²) < 4.78 is 4.84. The van der Waals surface area contributed by atoms with E-state index in [1.165, 1.54) is 26.4 Å². The van der Waals surface area contributed by atoms with Gasteiger partial charge in [0.2, 0.25) is 5.91 Å². The highest BCUT2D eigenvalue weighted by Gasteiger charge is 2.55. The number of carbonyl (C=O) groups excluding carboxylic acids is 2. The van der Waals surface area contributed by atoms with Crippen molar-refractivity contribution < 1.29 is 14.3 Å². The number of methoxy groups -OCH3 is 1. The molecule has 23 heavy (non-hydrogen) atoms. The lowest BCUT2D eigenvalue weighted by Gasteiger charge is -2.55. The normalized spacial score (nSPS) is 36.8. The molecule has 4 saturated carbocycles. The second-order valence-corrected chi connectivity index (χ2v) is 8.01. The van der Waals surface area contributed by atoms with Gasteiger partial charge in [-0.3, -0.25) is 4.79 Å². The van der Waals surface area contributed by atoms with Gasteiger partial charge in [-0.25, -0.2) is 4.79 Å². The topological polar surface area (TPSA) is 79.2 Å². The summed E-state index contributed by atoms with van der Waals surface area (Å²) in [6.45, 7) is 1.81. The molecule has 4 rings (SSSR count). The molecular weight excluding hydrogens is 292 g/mol. The summed E-state index contributed by atoms with van der Waals surface area (Å²) in [5, 5.41) is 11.8. The molecule has 4 bridgehead atoms. The average Bonchev–Trinajstić information content (AvgIpc) is 2.50. The van der Waals surface area contributed by atoms with Gasteiger partial charge in [-0.05, 0) is 56.3 Å². The minimum atomic E-state index is -0.722. The Morgan fingerprint density at radius 3 is 2.17 bits per heavy atom. The van der Waals surface area contributed by atoms with Crippen LogP contribution in [0.2, 0.25) is 0 Å². The van der Waals surface area contributed by atoms with Crippen molar-refractivity contribution in [2.75, 3.05) is 7.11 Å². The van der Waals surface area contributed by atoms with Gasteiger partial charge >= 0.3 is 5.97 Å². The third-order valence-corrected chi connectivity index (χ3v) is 6.24. The number of carbonyl (C=O) groups is 2. The summed E-state index contributed by atoms with van der Waals surface area (Å²) in [7, 11) is 1.32. The lowest BCUT2D eigenvalue weighted by Crippen LogP contribution is -2.57. The Balaban J connectivity index is 1.74. The third-order valence-electron chi connectivity index (χ3n) is 6.24. The minimum Gasteiger partial charge on any atom is -0.467 e. The van der Waals surface area contributed by atoms with Crippen LogP contribution in [0.4, 0.5) is 0 Å². The van der Waals surface area contributed by atoms with E-state index in [-0.39, 0.29) is 23.7 Å². The summed E-state index contributed by atoms with van der Waals surface area (Å²) in [4.78, 5) is 25.1. The maximum atomic E-state index is 13.0. The largest absolute Gasteiger partial charge is 0.467 e. The van der Waals surface area contributed by atoms with Crippen molar-refractivity contribution in [1.29, 1.82) is 5.26 Å². The zero-order valence-electron chi connectivity index (χ0n) is 14.0. The van der Waals surface area contributed by atoms with E-state index in [1.807, 2.05) is 6.92 Å². The van der Waals surface area contributed by atoms with Gasteiger partial charge < -0.3 is 10.1 Å². The van der Waals surface area contributed by atoms with Crippen LogP contribution < -0.4 is 5.32 Å². The minimum absolute atomic E-state index is 0.0109. The van der Waals surface area contributed by atoms with Crippen molar-refractivity contribution in [2.24, 2.45) is 29.1 Å². The van der Waals surface area contributed by atoms with Crippen molar-refractivity contribution in [3.05, 3.63) is 0 Å². The van der Waals surface area contributed by atoms with Crippen molar-refractivity contribution in [2.45, 2.75) is 57.9 Å². The molecule has 0 spiro atoms. The molecule has 126 valence electrons. The number of hydrogen-bond acceptors (Lipinski definition) is 4. The fourth-order valence-electron chi connectivity index (χ4n) is 5.51. The Hall–Kier alpha value is -1.57. The first kappa shape index (κ1) is 16.3. The van der Waals surface area contributed by atoms with Crippen LogP contribution in [-0.2, 0) is 14.3 Å². The fraction of sp³-hybridized carbons (Fsp3) is 0.833. The van der Waals surface area contributed by atoms with Crippen LogP contribution in [0.25, 0.3) is 0 Å². The number of rotatable bonds is 5. The maximum absolute atomic E-state index is 13.0. The fourth-order valence-corrected chi connectivity index (χ4v) is 5.51. The highest BCUT2D eigenvalue weighted by atomic mass is 16.5. The quantitative estimate of drug-likeness (QED) is 0.790. The Kier molecular flexibility index (Phi) is 4.35. The number of nitrogens with zero attached hydrogens (tertiary/aromatic N) is 1. The second kappa shape index (κ2) is 6.14. The molecule has 0 unspecified atom stereocenters. The van der Waals surface area contributed by atoms with E-state index in [1.54, 1.807) is 0 Å². The molecule has 4 aliphatic carbocycles. The summed E-state index contributed by atoms with van der Waals surface area (Å²) in [5.41, 5.74) is -0.284. The van der Waals surface area contributed by atoms with Gasteiger partial charge in [0.25, 0.3) is 0 Å². The number of ether oxygens (including phenoxy) is 1. The van der Waals surface area contributed by atoms with Gasteiger partial charge in [0, 0.05) is 17.8 Å². The molecule has 2 atom stereocenters. The van der Waals surface area contributed by atoms with E-state index in [0.717, 1.165) is 19.3 Å². The molecule has 1 amide bonds. The summed E-state index contributed by atoms with van der Waals surface area (Å²) >= 11 is 0. The van der Waals surface area contributed by atoms with E-state index >= 15 is 0 Å². The number of amides is 1. The Labute approximate surface area is 137 Å². The number of nitrogens with one attached hydrogen (secondary N) is 1. The SMILES string of the molecule is COC(=O)[C@H](NC(=O)C12CC3CC(CC(C3)C1)C2)[C@H](C)CC#N. The predicted octanol–water partition coefficient (Wildman–Crippen LogP) is 2.41. The molecule has 4 aliphatic rings. The van der Waals surface area contributed by atoms with E-state index in [4.69, 9.17) is 10.00 Å². The van der Waals surface area contributed by atoms with E-state index in [0.29, 0.717) is 17.8 Å². The molecular formula is C18H26N2O3. The molecule has 4 fully saturated rings. The molecule has 0 heterocycles. The molecule has 1 N–H and O–H groups in total. The summed E-state index contributed by atoms with van der Waals surface area (Å²) in [5.74, 6) is 1.35. The van der Waals surface area contributed by atoms with E-state index < -0.39 is 12.0 Å². The van der Waals surface area contributed by atoms with Crippen molar-refractivity contribution in [3.8, 4) is 6.07 Å². The van der Waals surface area contributed by atoms with Gasteiger partial charge in [0.1, 0.15) is 6.04 Å². The second-order valence-electron chi connectivity index (χ2n) is 8.01. The van der Waals surface area contributed by atoms with Crippen LogP contribution in [0.3, 0.4) is 0 Å². The first-order chi connectivity index (χ1) is 11.0. The molecule has 0 aromatic carbocycles. The monoisotopic (exact) mass is 318 g/mol. The first-order valence-electron chi connectivity index (χ1n) is 8.73. The molecule has 0 aromatic rings. The van der Waals surface area contributed by atoms with Gasteiger partial charge in [-0.2, -0.15) is 5.26 Å². The average molecular weight is 318 g/mol. The molecule has 5 heteroatoms. The van der Waals surface area contributed by atoms with Crippen molar-refractivity contribution >= 4 is 11.9 Å². The zero-order chi connectivity index (χ0) is 16.6. The highest BCUT2D eigenvalue weighted by Crippen LogP contribution is 2.60. The number of esters is 1. The highest BCUT2D eigenvalue weighted by molar-refractivity contribution is 5.88. The van der Waals surface area contributed by atoms with Crippen molar-refractivity contribution in [1.82, 2.24) is 5.32 Å². The van der Waals surface area contributed by atoms with Crippen LogP contribution in [-0.4, -0.2) is 25.0 Å². The van der Waals surface area contributed by atoms with E-state index in [2.05, 4.69) is 11.4 Å². The van der Waals surface area contributed by atoms with Crippen LogP contribution in [0, 0.1) is 40.4 Å². The molecule has 0 aliphatic heterocycles. The third kappa shape index (κ3) is 2.96. The van der Waals surface area contributed by atoms with Gasteiger partial charge in [-0.1, -0.05) is 6.92 Å².